The molecule has 0 radical (unpaired) electrons. The van der Waals surface area contributed by atoms with Gasteiger partial charge in [0.15, 0.2) is 0 Å². The van der Waals surface area contributed by atoms with Crippen LogP contribution >= 0.6 is 12.6 Å². The number of ether oxygens (including phenoxy) is 1. The number of amides is 2. The van der Waals surface area contributed by atoms with Crippen LogP contribution in [0, 0.1) is 0 Å². The van der Waals surface area contributed by atoms with E-state index in [0.29, 0.717) is 18.8 Å². The minimum atomic E-state index is -0.0706. The Bertz CT molecular complexity index is 687. The quantitative estimate of drug-likeness (QED) is 0.248. The zero-order valence-electron chi connectivity index (χ0n) is 16.2. The highest BCUT2D eigenvalue weighted by Gasteiger charge is 2.05. The molecule has 0 unspecified atom stereocenters. The lowest BCUT2D eigenvalue weighted by molar-refractivity contribution is -0.120. The Morgan fingerprint density at radius 3 is 2.67 bits per heavy atom. The topological polar surface area (TPSA) is 79.8 Å². The number of allylic oxidation sites excluding steroid dienone is 1. The molecule has 0 atom stereocenters. The fourth-order valence-electron chi connectivity index (χ4n) is 2.42. The molecule has 0 aliphatic rings. The van der Waals surface area contributed by atoms with Gasteiger partial charge in [-0.3, -0.25) is 9.59 Å². The van der Waals surface area contributed by atoms with Crippen LogP contribution < -0.4 is 15.4 Å². The second kappa shape index (κ2) is 13.0. The lowest BCUT2D eigenvalue weighted by Gasteiger charge is -2.08. The molecular formula is C20H29N3O3S. The van der Waals surface area contributed by atoms with E-state index in [2.05, 4.69) is 28.3 Å². The van der Waals surface area contributed by atoms with E-state index in [1.165, 1.54) is 0 Å². The molecule has 0 aliphatic heterocycles. The van der Waals surface area contributed by atoms with Crippen LogP contribution in [0.4, 0.5) is 0 Å². The molecule has 1 aromatic rings. The lowest BCUT2D eigenvalue weighted by atomic mass is 10.1. The van der Waals surface area contributed by atoms with Crippen molar-refractivity contribution >= 4 is 36.0 Å². The Balaban J connectivity index is 2.43. The number of hydrogen-bond acceptors (Lipinski definition) is 5. The number of nitrogens with one attached hydrogen (secondary N) is 2. The SMILES string of the molecule is C/C=C(\N=C(C)NC(=O)CCCCCNC(=O)CS)c1cccc(OC)c1. The van der Waals surface area contributed by atoms with Gasteiger partial charge in [-0.05, 0) is 38.8 Å². The van der Waals surface area contributed by atoms with Crippen molar-refractivity contribution in [2.45, 2.75) is 39.5 Å². The summed E-state index contributed by atoms with van der Waals surface area (Å²) < 4.78 is 5.24. The van der Waals surface area contributed by atoms with Gasteiger partial charge < -0.3 is 15.4 Å². The first-order chi connectivity index (χ1) is 13.0. The number of unbranched alkanes of at least 4 members (excludes halogenated alkanes) is 2. The molecule has 0 heterocycles. The maximum Gasteiger partial charge on any atom is 0.229 e. The molecular weight excluding hydrogens is 362 g/mol. The maximum atomic E-state index is 12.0. The standard InChI is InChI=1S/C20H29N3O3S/c1-4-18(16-9-8-10-17(13-16)26-3)22-15(2)23-19(24)11-6-5-7-12-21-20(25)14-27/h4,8-10,13,27H,5-7,11-12,14H2,1-3H3,(H,21,25)(H,22,23,24)/b18-4-. The number of nitrogens with zero attached hydrogens (tertiary/aromatic N) is 1. The van der Waals surface area contributed by atoms with Crippen molar-refractivity contribution in [1.82, 2.24) is 10.6 Å². The minimum absolute atomic E-state index is 0.0586. The fourth-order valence-corrected chi connectivity index (χ4v) is 2.53. The molecule has 27 heavy (non-hydrogen) atoms. The van der Waals surface area contributed by atoms with Gasteiger partial charge in [-0.25, -0.2) is 4.99 Å². The summed E-state index contributed by atoms with van der Waals surface area (Å²) in [5, 5.41) is 5.57. The van der Waals surface area contributed by atoms with Gasteiger partial charge in [0.1, 0.15) is 11.6 Å². The molecule has 2 N–H and O–H groups in total. The van der Waals surface area contributed by atoms with Crippen molar-refractivity contribution in [1.29, 1.82) is 0 Å². The summed E-state index contributed by atoms with van der Waals surface area (Å²) in [5.41, 5.74) is 1.69. The van der Waals surface area contributed by atoms with Crippen LogP contribution in [0.2, 0.25) is 0 Å². The van der Waals surface area contributed by atoms with Crippen molar-refractivity contribution in [3.05, 3.63) is 35.9 Å². The molecule has 7 heteroatoms. The predicted octanol–water partition coefficient (Wildman–Crippen LogP) is 3.20. The third kappa shape index (κ3) is 9.28. The molecule has 148 valence electrons. The third-order valence-corrected chi connectivity index (χ3v) is 4.08. The summed E-state index contributed by atoms with van der Waals surface area (Å²) in [6.45, 7) is 4.29. The molecule has 0 spiro atoms. The van der Waals surface area contributed by atoms with E-state index in [-0.39, 0.29) is 17.6 Å². The molecule has 0 fully saturated rings. The van der Waals surface area contributed by atoms with Gasteiger partial charge in [0.2, 0.25) is 11.8 Å². The van der Waals surface area contributed by atoms with E-state index in [0.717, 1.165) is 36.3 Å². The second-order valence-electron chi connectivity index (χ2n) is 5.97. The van der Waals surface area contributed by atoms with Crippen LogP contribution in [-0.4, -0.2) is 37.1 Å². The Labute approximate surface area is 166 Å². The molecule has 0 bridgehead atoms. The highest BCUT2D eigenvalue weighted by Crippen LogP contribution is 2.21. The Hall–Kier alpha value is -2.28. The Morgan fingerprint density at radius 1 is 1.22 bits per heavy atom. The molecule has 0 saturated heterocycles. The number of thiol groups is 1. The Kier molecular flexibility index (Phi) is 10.9. The normalized spacial score (nSPS) is 11.9. The zero-order valence-corrected chi connectivity index (χ0v) is 17.1. The van der Waals surface area contributed by atoms with Crippen LogP contribution in [0.15, 0.2) is 35.3 Å². The number of carbonyl (C=O) groups is 2. The summed E-state index contributed by atoms with van der Waals surface area (Å²) in [7, 11) is 1.62. The summed E-state index contributed by atoms with van der Waals surface area (Å²) in [4.78, 5) is 27.6. The Morgan fingerprint density at radius 2 is 2.00 bits per heavy atom. The third-order valence-electron chi connectivity index (χ3n) is 3.79. The van der Waals surface area contributed by atoms with Crippen molar-refractivity contribution in [3.8, 4) is 5.75 Å². The first-order valence-electron chi connectivity index (χ1n) is 9.03. The largest absolute Gasteiger partial charge is 0.497 e. The van der Waals surface area contributed by atoms with Crippen LogP contribution in [0.5, 0.6) is 5.75 Å². The fraction of sp³-hybridized carbons (Fsp3) is 0.450. The van der Waals surface area contributed by atoms with Crippen LogP contribution in [0.1, 0.15) is 45.1 Å². The number of aliphatic imine (C=N–C) groups is 1. The molecule has 0 aromatic heterocycles. The number of rotatable bonds is 10. The van der Waals surface area contributed by atoms with E-state index in [4.69, 9.17) is 4.74 Å². The van der Waals surface area contributed by atoms with Crippen molar-refractivity contribution in [2.75, 3.05) is 19.4 Å². The van der Waals surface area contributed by atoms with Gasteiger partial charge in [0.05, 0.1) is 18.6 Å². The molecule has 6 nitrogen and oxygen atoms in total. The van der Waals surface area contributed by atoms with E-state index < -0.39 is 0 Å². The highest BCUT2D eigenvalue weighted by molar-refractivity contribution is 7.81. The first kappa shape index (κ1) is 22.8. The van der Waals surface area contributed by atoms with E-state index in [9.17, 15) is 9.59 Å². The van der Waals surface area contributed by atoms with Crippen LogP contribution in [0.25, 0.3) is 5.70 Å². The van der Waals surface area contributed by atoms with Gasteiger partial charge in [0.25, 0.3) is 0 Å². The zero-order chi connectivity index (χ0) is 20.1. The average Bonchev–Trinajstić information content (AvgIpc) is 2.68. The van der Waals surface area contributed by atoms with Crippen molar-refractivity contribution < 1.29 is 14.3 Å². The number of carbonyl (C=O) groups excluding carboxylic acids is 2. The van der Waals surface area contributed by atoms with Gasteiger partial charge in [0, 0.05) is 18.5 Å². The highest BCUT2D eigenvalue weighted by atomic mass is 32.1. The van der Waals surface area contributed by atoms with Gasteiger partial charge in [-0.1, -0.05) is 24.6 Å². The van der Waals surface area contributed by atoms with Gasteiger partial charge in [-0.15, -0.1) is 0 Å². The number of methoxy groups -OCH3 is 1. The average molecular weight is 392 g/mol. The molecule has 1 rings (SSSR count). The summed E-state index contributed by atoms with van der Waals surface area (Å²) >= 11 is 3.89. The summed E-state index contributed by atoms with van der Waals surface area (Å²) in [6, 6.07) is 7.63. The number of benzene rings is 1. The lowest BCUT2D eigenvalue weighted by Crippen LogP contribution is -2.28. The maximum absolute atomic E-state index is 12.0. The number of hydrogen-bond donors (Lipinski definition) is 3. The van der Waals surface area contributed by atoms with Crippen LogP contribution in [0.3, 0.4) is 0 Å². The van der Waals surface area contributed by atoms with Gasteiger partial charge in [-0.2, -0.15) is 12.6 Å². The smallest absolute Gasteiger partial charge is 0.229 e. The predicted molar refractivity (Wildman–Crippen MR) is 113 cm³/mol. The van der Waals surface area contributed by atoms with Crippen molar-refractivity contribution in [2.24, 2.45) is 4.99 Å². The molecule has 0 aliphatic carbocycles. The van der Waals surface area contributed by atoms with Gasteiger partial charge >= 0.3 is 0 Å². The van der Waals surface area contributed by atoms with E-state index in [1.807, 2.05) is 37.3 Å². The summed E-state index contributed by atoms with van der Waals surface area (Å²) in [6.07, 6.45) is 4.81. The van der Waals surface area contributed by atoms with E-state index in [1.54, 1.807) is 14.0 Å². The summed E-state index contributed by atoms with van der Waals surface area (Å²) in [5.74, 6) is 1.38. The molecule has 0 saturated carbocycles. The minimum Gasteiger partial charge on any atom is -0.497 e. The molecule has 1 aromatic carbocycles. The molecule has 2 amide bonds. The second-order valence-corrected chi connectivity index (χ2v) is 6.29. The van der Waals surface area contributed by atoms with E-state index >= 15 is 0 Å². The number of amidine groups is 1. The van der Waals surface area contributed by atoms with Crippen molar-refractivity contribution in [3.63, 3.8) is 0 Å². The van der Waals surface area contributed by atoms with Crippen LogP contribution in [-0.2, 0) is 9.59 Å². The first-order valence-corrected chi connectivity index (χ1v) is 9.66. The monoisotopic (exact) mass is 391 g/mol.